The van der Waals surface area contributed by atoms with Gasteiger partial charge in [0.1, 0.15) is 0 Å². The quantitative estimate of drug-likeness (QED) is 0.372. The first-order valence-corrected chi connectivity index (χ1v) is 3.90. The summed E-state index contributed by atoms with van der Waals surface area (Å²) in [7, 11) is 1.10. The van der Waals surface area contributed by atoms with Crippen LogP contribution in [0, 0.1) is 11.8 Å². The largest absolute Gasteiger partial charge is 0.472 e. The van der Waals surface area contributed by atoms with E-state index in [4.69, 9.17) is 5.11 Å². The molecule has 0 amide bonds. The van der Waals surface area contributed by atoms with Gasteiger partial charge in [-0.15, -0.1) is 0 Å². The third-order valence-corrected chi connectivity index (χ3v) is 1.07. The fourth-order valence-electron chi connectivity index (χ4n) is 0.263. The highest BCUT2D eigenvalue weighted by Crippen LogP contribution is 1.77. The zero-order valence-electron chi connectivity index (χ0n) is 4.77. The molecule has 0 aromatic carbocycles. The topological polar surface area (TPSA) is 37.3 Å². The number of carboxylic acids is 1. The van der Waals surface area contributed by atoms with E-state index in [2.05, 4.69) is 5.92 Å². The normalized spacial score (nSPS) is 7.50. The lowest BCUT2D eigenvalue weighted by molar-refractivity contribution is -0.130. The van der Waals surface area contributed by atoms with E-state index in [1.807, 2.05) is 5.92 Å². The molecule has 0 saturated heterocycles. The number of aliphatic carboxylic acids is 1. The molecule has 0 rings (SSSR count). The van der Waals surface area contributed by atoms with Gasteiger partial charge in [0.15, 0.2) is 0 Å². The van der Waals surface area contributed by atoms with Gasteiger partial charge in [0.2, 0.25) is 0 Å². The summed E-state index contributed by atoms with van der Waals surface area (Å²) < 4.78 is 0. The number of hydrogen-bond donors (Lipinski definition) is 1. The molecule has 2 nitrogen and oxygen atoms in total. The van der Waals surface area contributed by atoms with Crippen molar-refractivity contribution in [3.8, 4) is 11.8 Å². The summed E-state index contributed by atoms with van der Waals surface area (Å²) in [6.07, 6.45) is 0.735. The third-order valence-electron chi connectivity index (χ3n) is 0.570. The highest BCUT2D eigenvalue weighted by atomic mass is 28.1. The molecule has 0 aliphatic carbocycles. The third kappa shape index (κ3) is 5.25. The molecular formula is C5H8O2Si. The second kappa shape index (κ2) is 4.41. The number of hydrogen-bond acceptors (Lipinski definition) is 1. The van der Waals surface area contributed by atoms with Crippen molar-refractivity contribution in [2.24, 2.45) is 0 Å². The Morgan fingerprint density at radius 1 is 1.75 bits per heavy atom. The molecule has 0 saturated carbocycles. The van der Waals surface area contributed by atoms with E-state index >= 15 is 0 Å². The summed E-state index contributed by atoms with van der Waals surface area (Å²) in [5, 5.41) is 7.98. The Labute approximate surface area is 51.3 Å². The molecule has 0 aromatic heterocycles. The highest BCUT2D eigenvalue weighted by Gasteiger charge is 1.79. The Kier molecular flexibility index (Phi) is 3.99. The smallest absolute Gasteiger partial charge is 0.381 e. The van der Waals surface area contributed by atoms with Gasteiger partial charge in [-0.05, 0) is 0 Å². The average molecular weight is 128 g/mol. The Balaban J connectivity index is 3.35. The fraction of sp³-hybridized carbons (Fsp3) is 0.400. The first-order valence-electron chi connectivity index (χ1n) is 2.49. The van der Waals surface area contributed by atoms with E-state index in [0.29, 0.717) is 0 Å². The molecule has 1 N–H and O–H groups in total. The fourth-order valence-corrected chi connectivity index (χ4v) is 0.513. The monoisotopic (exact) mass is 128 g/mol. The van der Waals surface area contributed by atoms with Crippen molar-refractivity contribution in [2.45, 2.75) is 12.5 Å². The molecule has 0 atom stereocenters. The molecule has 0 heterocycles. The van der Waals surface area contributed by atoms with Crippen LogP contribution in [-0.2, 0) is 4.79 Å². The van der Waals surface area contributed by atoms with E-state index in [1.165, 1.54) is 0 Å². The van der Waals surface area contributed by atoms with Gasteiger partial charge in [0, 0.05) is 22.6 Å². The zero-order chi connectivity index (χ0) is 6.41. The second-order valence-corrected chi connectivity index (χ2v) is 2.36. The predicted molar refractivity (Wildman–Crippen MR) is 34.8 cm³/mol. The van der Waals surface area contributed by atoms with Crippen LogP contribution in [0.1, 0.15) is 6.42 Å². The van der Waals surface area contributed by atoms with Crippen LogP contribution < -0.4 is 0 Å². The lowest BCUT2D eigenvalue weighted by Crippen LogP contribution is -1.85. The lowest BCUT2D eigenvalue weighted by atomic mass is 10.5. The van der Waals surface area contributed by atoms with Crippen molar-refractivity contribution in [3.05, 3.63) is 0 Å². The van der Waals surface area contributed by atoms with Crippen LogP contribution in [0.15, 0.2) is 0 Å². The number of carbonyl (C=O) groups is 1. The highest BCUT2D eigenvalue weighted by molar-refractivity contribution is 6.08. The molecule has 0 aliphatic rings. The van der Waals surface area contributed by atoms with Gasteiger partial charge in [0.05, 0.1) is 0 Å². The van der Waals surface area contributed by atoms with Crippen LogP contribution in [0.5, 0.6) is 0 Å². The van der Waals surface area contributed by atoms with Crippen LogP contribution in [0.4, 0.5) is 0 Å². The molecule has 8 heavy (non-hydrogen) atoms. The molecule has 0 aromatic rings. The molecule has 0 unspecified atom stereocenters. The van der Waals surface area contributed by atoms with Crippen LogP contribution in [0.3, 0.4) is 0 Å². The summed E-state index contributed by atoms with van der Waals surface area (Å²) >= 11 is 0. The van der Waals surface area contributed by atoms with Crippen LogP contribution in [-0.4, -0.2) is 21.3 Å². The molecular weight excluding hydrogens is 120 g/mol. The van der Waals surface area contributed by atoms with E-state index in [0.717, 1.165) is 22.7 Å². The Morgan fingerprint density at radius 3 is 2.75 bits per heavy atom. The lowest BCUT2D eigenvalue weighted by Gasteiger charge is -1.73. The first kappa shape index (κ1) is 7.25. The van der Waals surface area contributed by atoms with Gasteiger partial charge in [0.25, 0.3) is 0 Å². The summed E-state index contributed by atoms with van der Waals surface area (Å²) in [6.45, 7) is 0. The summed E-state index contributed by atoms with van der Waals surface area (Å²) in [6, 6.07) is 1.06. The maximum atomic E-state index is 9.71. The van der Waals surface area contributed by atoms with Crippen molar-refractivity contribution in [3.63, 3.8) is 0 Å². The van der Waals surface area contributed by atoms with Gasteiger partial charge < -0.3 is 5.11 Å². The van der Waals surface area contributed by atoms with Crippen LogP contribution in [0.25, 0.3) is 0 Å². The van der Waals surface area contributed by atoms with Crippen molar-refractivity contribution >= 4 is 16.2 Å². The van der Waals surface area contributed by atoms with Crippen molar-refractivity contribution in [1.29, 1.82) is 0 Å². The van der Waals surface area contributed by atoms with E-state index in [9.17, 15) is 4.79 Å². The minimum atomic E-state index is -1.03. The van der Waals surface area contributed by atoms with Gasteiger partial charge in [-0.2, -0.15) is 0 Å². The van der Waals surface area contributed by atoms with Crippen molar-refractivity contribution < 1.29 is 9.90 Å². The average Bonchev–Trinajstić information content (AvgIpc) is 1.66. The maximum absolute atomic E-state index is 9.71. The second-order valence-electron chi connectivity index (χ2n) is 1.36. The zero-order valence-corrected chi connectivity index (χ0v) is 6.77. The summed E-state index contributed by atoms with van der Waals surface area (Å²) in [5.74, 6) is 3.53. The predicted octanol–water partition coefficient (Wildman–Crippen LogP) is -0.752. The van der Waals surface area contributed by atoms with Crippen LogP contribution >= 0.6 is 0 Å². The number of rotatable bonds is 1. The molecule has 0 bridgehead atoms. The van der Waals surface area contributed by atoms with Gasteiger partial charge in [-0.1, -0.05) is 12.0 Å². The summed E-state index contributed by atoms with van der Waals surface area (Å²) in [4.78, 5) is 9.71. The van der Waals surface area contributed by atoms with Gasteiger partial charge >= 0.3 is 5.97 Å². The minimum absolute atomic E-state index is 0.735. The van der Waals surface area contributed by atoms with Crippen molar-refractivity contribution in [1.82, 2.24) is 0 Å². The minimum Gasteiger partial charge on any atom is -0.472 e. The Morgan fingerprint density at radius 2 is 2.38 bits per heavy atom. The maximum Gasteiger partial charge on any atom is 0.381 e. The first-order chi connectivity index (χ1) is 3.77. The molecule has 0 aliphatic heterocycles. The Bertz CT molecular complexity index is 131. The van der Waals surface area contributed by atoms with Gasteiger partial charge in [-0.3, -0.25) is 0 Å². The van der Waals surface area contributed by atoms with E-state index < -0.39 is 5.97 Å². The van der Waals surface area contributed by atoms with E-state index in [1.54, 1.807) is 0 Å². The van der Waals surface area contributed by atoms with E-state index in [-0.39, 0.29) is 0 Å². The SMILES string of the molecule is O=C(O)C#CCC[SiH3]. The standard InChI is InChI=1S/C5H8O2Si/c6-5(7)3-1-2-4-8/h2,4H2,8H3,(H,6,7). The van der Waals surface area contributed by atoms with Crippen LogP contribution in [0.2, 0.25) is 6.04 Å². The van der Waals surface area contributed by atoms with Gasteiger partial charge in [-0.25, -0.2) is 4.79 Å². The Hall–Kier alpha value is -0.753. The van der Waals surface area contributed by atoms with Crippen molar-refractivity contribution in [2.75, 3.05) is 0 Å². The summed E-state index contributed by atoms with van der Waals surface area (Å²) in [5.41, 5.74) is 0. The molecule has 3 heteroatoms. The molecule has 0 spiro atoms. The number of carboxylic acid groups (broad SMARTS) is 1. The molecule has 0 fully saturated rings. The molecule has 0 radical (unpaired) electrons. The molecule has 44 valence electrons.